The van der Waals surface area contributed by atoms with Crippen molar-refractivity contribution in [3.05, 3.63) is 70.6 Å². The van der Waals surface area contributed by atoms with Crippen molar-refractivity contribution in [1.29, 1.82) is 0 Å². The summed E-state index contributed by atoms with van der Waals surface area (Å²) in [6.07, 6.45) is 6.27. The van der Waals surface area contributed by atoms with Gasteiger partial charge >= 0.3 is 5.63 Å². The van der Waals surface area contributed by atoms with Crippen molar-refractivity contribution in [2.24, 2.45) is 5.92 Å². The van der Waals surface area contributed by atoms with Gasteiger partial charge in [-0.25, -0.2) is 4.79 Å². The number of nitrogens with zero attached hydrogens (tertiary/aromatic N) is 1. The third-order valence-electron chi connectivity index (χ3n) is 6.85. The summed E-state index contributed by atoms with van der Waals surface area (Å²) >= 11 is 0. The van der Waals surface area contributed by atoms with Gasteiger partial charge < -0.3 is 14.6 Å². The number of para-hydroxylation sites is 1. The second-order valence-corrected chi connectivity index (χ2v) is 8.77. The number of carbonyl (C=O) groups excluding carboxylic acids is 1. The molecule has 2 aliphatic heterocycles. The number of amides is 1. The Labute approximate surface area is 182 Å². The normalized spacial score (nSPS) is 21.5. The number of rotatable bonds is 4. The van der Waals surface area contributed by atoms with E-state index in [1.807, 2.05) is 36.4 Å². The van der Waals surface area contributed by atoms with Crippen molar-refractivity contribution >= 4 is 16.9 Å². The lowest BCUT2D eigenvalue weighted by atomic mass is 9.83. The molecule has 0 bridgehead atoms. The van der Waals surface area contributed by atoms with Crippen LogP contribution < -0.4 is 10.9 Å². The van der Waals surface area contributed by atoms with Gasteiger partial charge in [0.1, 0.15) is 5.58 Å². The summed E-state index contributed by atoms with van der Waals surface area (Å²) in [5.74, 6) is 0.490. The van der Waals surface area contributed by atoms with Crippen LogP contribution in [0.15, 0.2) is 63.8 Å². The van der Waals surface area contributed by atoms with E-state index in [0.717, 1.165) is 17.5 Å². The van der Waals surface area contributed by atoms with Gasteiger partial charge in [0, 0.05) is 23.5 Å². The molecule has 160 valence electrons. The molecular weight excluding hydrogens is 388 g/mol. The lowest BCUT2D eigenvalue weighted by molar-refractivity contribution is 0.0575. The summed E-state index contributed by atoms with van der Waals surface area (Å²) < 4.78 is 5.44. The van der Waals surface area contributed by atoms with Crippen LogP contribution in [-0.2, 0) is 0 Å². The van der Waals surface area contributed by atoms with Crippen LogP contribution in [0.2, 0.25) is 0 Å². The standard InChI is InChI=1S/C26H28N2O3/c29-25(27-17-21-7-5-15-28-14-4-3-8-23(21)28)19-12-10-18(11-13-19)22-16-20-6-1-2-9-24(20)31-26(22)30/h1-2,6,9-13,16,21,23H,3-5,7-8,14-15,17H2,(H,27,29)/t21-,23+/m1/s1. The second kappa shape index (κ2) is 8.67. The van der Waals surface area contributed by atoms with Gasteiger partial charge in [-0.3, -0.25) is 4.79 Å². The van der Waals surface area contributed by atoms with E-state index in [2.05, 4.69) is 10.2 Å². The summed E-state index contributed by atoms with van der Waals surface area (Å²) in [7, 11) is 0. The molecule has 2 atom stereocenters. The first-order chi connectivity index (χ1) is 15.2. The Hall–Kier alpha value is -2.92. The molecule has 1 N–H and O–H groups in total. The predicted molar refractivity (Wildman–Crippen MR) is 122 cm³/mol. The molecule has 0 radical (unpaired) electrons. The Balaban J connectivity index is 1.27. The smallest absolute Gasteiger partial charge is 0.344 e. The third-order valence-corrected chi connectivity index (χ3v) is 6.85. The number of fused-ring (bicyclic) bond motifs is 2. The van der Waals surface area contributed by atoms with Crippen molar-refractivity contribution < 1.29 is 9.21 Å². The lowest BCUT2D eigenvalue weighted by Crippen LogP contribution is -2.51. The van der Waals surface area contributed by atoms with Crippen LogP contribution in [0.25, 0.3) is 22.1 Å². The minimum Gasteiger partial charge on any atom is -0.422 e. The summed E-state index contributed by atoms with van der Waals surface area (Å²) in [5.41, 5.74) is 2.08. The van der Waals surface area contributed by atoms with Crippen LogP contribution in [-0.4, -0.2) is 36.5 Å². The molecule has 5 rings (SSSR count). The maximum absolute atomic E-state index is 12.7. The molecule has 3 heterocycles. The molecule has 3 aromatic rings. The van der Waals surface area contributed by atoms with E-state index in [1.54, 1.807) is 18.2 Å². The predicted octanol–water partition coefficient (Wildman–Crippen LogP) is 4.45. The summed E-state index contributed by atoms with van der Waals surface area (Å²) in [6.45, 7) is 3.15. The first-order valence-electron chi connectivity index (χ1n) is 11.3. The van der Waals surface area contributed by atoms with E-state index in [-0.39, 0.29) is 11.5 Å². The quantitative estimate of drug-likeness (QED) is 0.638. The van der Waals surface area contributed by atoms with Crippen molar-refractivity contribution in [2.75, 3.05) is 19.6 Å². The van der Waals surface area contributed by atoms with Crippen LogP contribution in [0.4, 0.5) is 0 Å². The molecule has 5 nitrogen and oxygen atoms in total. The number of hydrogen-bond acceptors (Lipinski definition) is 4. The van der Waals surface area contributed by atoms with Crippen LogP contribution in [0.1, 0.15) is 42.5 Å². The molecule has 1 aromatic heterocycles. The van der Waals surface area contributed by atoms with Crippen LogP contribution >= 0.6 is 0 Å². The fourth-order valence-electron chi connectivity index (χ4n) is 5.21. The minimum atomic E-state index is -0.370. The van der Waals surface area contributed by atoms with Crippen LogP contribution in [0.5, 0.6) is 0 Å². The molecule has 2 aromatic carbocycles. The van der Waals surface area contributed by atoms with Crippen molar-refractivity contribution in [3.8, 4) is 11.1 Å². The summed E-state index contributed by atoms with van der Waals surface area (Å²) in [6, 6.07) is 17.1. The zero-order chi connectivity index (χ0) is 21.2. The molecule has 2 aliphatic rings. The maximum Gasteiger partial charge on any atom is 0.344 e. The largest absolute Gasteiger partial charge is 0.422 e. The topological polar surface area (TPSA) is 62.6 Å². The third kappa shape index (κ3) is 4.15. The molecule has 0 aliphatic carbocycles. The van der Waals surface area contributed by atoms with E-state index in [0.29, 0.717) is 28.7 Å². The van der Waals surface area contributed by atoms with Crippen molar-refractivity contribution in [1.82, 2.24) is 10.2 Å². The number of piperidine rings is 2. The highest BCUT2D eigenvalue weighted by atomic mass is 16.4. The first-order valence-corrected chi connectivity index (χ1v) is 11.3. The second-order valence-electron chi connectivity index (χ2n) is 8.77. The molecule has 31 heavy (non-hydrogen) atoms. The highest BCUT2D eigenvalue weighted by molar-refractivity contribution is 5.94. The molecule has 0 saturated carbocycles. The number of nitrogens with one attached hydrogen (secondary N) is 1. The first kappa shape index (κ1) is 20.0. The molecular formula is C26H28N2O3. The van der Waals surface area contributed by atoms with E-state index < -0.39 is 0 Å². The highest BCUT2D eigenvalue weighted by Crippen LogP contribution is 2.30. The average Bonchev–Trinajstić information content (AvgIpc) is 2.82. The minimum absolute atomic E-state index is 0.0509. The Bertz CT molecular complexity index is 1130. The zero-order valence-corrected chi connectivity index (χ0v) is 17.7. The van der Waals surface area contributed by atoms with Gasteiger partial charge in [0.15, 0.2) is 0 Å². The molecule has 1 amide bonds. The van der Waals surface area contributed by atoms with Gasteiger partial charge in [0.25, 0.3) is 5.91 Å². The van der Waals surface area contributed by atoms with E-state index in [1.165, 1.54) is 45.2 Å². The number of carbonyl (C=O) groups is 1. The Morgan fingerprint density at radius 2 is 1.81 bits per heavy atom. The maximum atomic E-state index is 12.7. The monoisotopic (exact) mass is 416 g/mol. The van der Waals surface area contributed by atoms with Gasteiger partial charge in [0.2, 0.25) is 0 Å². The van der Waals surface area contributed by atoms with Crippen LogP contribution in [0.3, 0.4) is 0 Å². The molecule has 2 saturated heterocycles. The Morgan fingerprint density at radius 3 is 2.68 bits per heavy atom. The summed E-state index contributed by atoms with van der Waals surface area (Å²) in [4.78, 5) is 27.7. The number of benzene rings is 2. The van der Waals surface area contributed by atoms with E-state index in [4.69, 9.17) is 4.42 Å². The SMILES string of the molecule is O=C(NC[C@H]1CCCN2CCCC[C@@H]12)c1ccc(-c2cc3ccccc3oc2=O)cc1. The number of hydrogen-bond donors (Lipinski definition) is 1. The fourth-order valence-corrected chi connectivity index (χ4v) is 5.21. The Kier molecular flexibility index (Phi) is 5.60. The van der Waals surface area contributed by atoms with Crippen LogP contribution in [0, 0.1) is 5.92 Å². The lowest BCUT2D eigenvalue weighted by Gasteiger charge is -2.44. The van der Waals surface area contributed by atoms with Gasteiger partial charge in [0.05, 0.1) is 5.56 Å². The van der Waals surface area contributed by atoms with Crippen molar-refractivity contribution in [2.45, 2.75) is 38.1 Å². The van der Waals surface area contributed by atoms with Gasteiger partial charge in [-0.05, 0) is 74.5 Å². The van der Waals surface area contributed by atoms with E-state index in [9.17, 15) is 9.59 Å². The van der Waals surface area contributed by atoms with E-state index >= 15 is 0 Å². The molecule has 0 unspecified atom stereocenters. The Morgan fingerprint density at radius 1 is 1.00 bits per heavy atom. The molecule has 5 heteroatoms. The highest BCUT2D eigenvalue weighted by Gasteiger charge is 2.32. The molecule has 0 spiro atoms. The zero-order valence-electron chi connectivity index (χ0n) is 17.7. The van der Waals surface area contributed by atoms with Crippen molar-refractivity contribution in [3.63, 3.8) is 0 Å². The summed E-state index contributed by atoms with van der Waals surface area (Å²) in [5, 5.41) is 4.03. The average molecular weight is 417 g/mol. The molecule has 2 fully saturated rings. The fraction of sp³-hybridized carbons (Fsp3) is 0.385. The van der Waals surface area contributed by atoms with Gasteiger partial charge in [-0.15, -0.1) is 0 Å². The van der Waals surface area contributed by atoms with Gasteiger partial charge in [-0.1, -0.05) is 36.8 Å². The van der Waals surface area contributed by atoms with Gasteiger partial charge in [-0.2, -0.15) is 0 Å².